The molecule has 0 radical (unpaired) electrons. The summed E-state index contributed by atoms with van der Waals surface area (Å²) < 4.78 is 39.2. The zero-order valence-corrected chi connectivity index (χ0v) is 12.5. The Labute approximate surface area is 123 Å². The normalized spacial score (nSPS) is 18.3. The predicted molar refractivity (Wildman–Crippen MR) is 77.2 cm³/mol. The summed E-state index contributed by atoms with van der Waals surface area (Å²) in [5.41, 5.74) is 0.0209. The van der Waals surface area contributed by atoms with Crippen molar-refractivity contribution in [3.05, 3.63) is 29.3 Å². The maximum atomic E-state index is 13.1. The maximum absolute atomic E-state index is 13.1. The fourth-order valence-corrected chi connectivity index (χ4v) is 3.15. The van der Waals surface area contributed by atoms with Gasteiger partial charge in [-0.1, -0.05) is 19.9 Å². The van der Waals surface area contributed by atoms with E-state index in [0.29, 0.717) is 5.69 Å². The zero-order chi connectivity index (χ0) is 15.7. The van der Waals surface area contributed by atoms with Crippen LogP contribution in [0.3, 0.4) is 0 Å². The Bertz CT molecular complexity index is 495. The summed E-state index contributed by atoms with van der Waals surface area (Å²) in [5.74, 6) is 0. The molecule has 1 heterocycles. The quantitative estimate of drug-likeness (QED) is 0.900. The van der Waals surface area contributed by atoms with E-state index < -0.39 is 18.3 Å². The summed E-state index contributed by atoms with van der Waals surface area (Å²) >= 11 is 0. The van der Waals surface area contributed by atoms with Crippen LogP contribution >= 0.6 is 0 Å². The van der Waals surface area contributed by atoms with Gasteiger partial charge in [0.2, 0.25) is 0 Å². The lowest BCUT2D eigenvalue weighted by Gasteiger charge is -2.27. The number of anilines is 1. The Morgan fingerprint density at radius 3 is 2.38 bits per heavy atom. The number of benzene rings is 1. The summed E-state index contributed by atoms with van der Waals surface area (Å²) in [6.07, 6.45) is -1.33. The van der Waals surface area contributed by atoms with Crippen molar-refractivity contribution in [3.8, 4) is 0 Å². The topological polar surface area (TPSA) is 23.5 Å². The Morgan fingerprint density at radius 1 is 1.24 bits per heavy atom. The van der Waals surface area contributed by atoms with Crippen molar-refractivity contribution in [1.29, 1.82) is 0 Å². The van der Waals surface area contributed by atoms with Crippen LogP contribution in [0.15, 0.2) is 18.2 Å². The second kappa shape index (κ2) is 5.87. The summed E-state index contributed by atoms with van der Waals surface area (Å²) in [4.78, 5) is 2.03. The lowest BCUT2D eigenvalue weighted by molar-refractivity contribution is -0.138. The van der Waals surface area contributed by atoms with Crippen LogP contribution in [0.25, 0.3) is 0 Å². The largest absolute Gasteiger partial charge is 0.416 e. The molecule has 0 saturated carbocycles. The van der Waals surface area contributed by atoms with Gasteiger partial charge in [-0.05, 0) is 42.4 Å². The van der Waals surface area contributed by atoms with E-state index in [1.165, 1.54) is 12.1 Å². The molecule has 1 fully saturated rings. The van der Waals surface area contributed by atoms with E-state index in [1.807, 2.05) is 4.90 Å². The summed E-state index contributed by atoms with van der Waals surface area (Å²) in [6, 6.07) is 4.24. The van der Waals surface area contributed by atoms with Gasteiger partial charge in [0, 0.05) is 18.8 Å². The average Bonchev–Trinajstić information content (AvgIpc) is 2.91. The van der Waals surface area contributed by atoms with Gasteiger partial charge in [0.15, 0.2) is 0 Å². The van der Waals surface area contributed by atoms with Crippen LogP contribution in [0.2, 0.25) is 0 Å². The minimum absolute atomic E-state index is 0.0670. The monoisotopic (exact) mass is 301 g/mol. The predicted octanol–water partition coefficient (Wildman–Crippen LogP) is 4.21. The molecule has 0 aliphatic carbocycles. The molecule has 1 aliphatic rings. The first-order valence-corrected chi connectivity index (χ1v) is 7.41. The zero-order valence-electron chi connectivity index (χ0n) is 12.5. The van der Waals surface area contributed by atoms with E-state index in [0.717, 1.165) is 32.4 Å². The number of aliphatic hydroxyl groups excluding tert-OH is 1. The summed E-state index contributed by atoms with van der Waals surface area (Å²) in [5, 5.41) is 9.08. The second-order valence-electron chi connectivity index (χ2n) is 5.88. The number of rotatable bonds is 4. The lowest BCUT2D eigenvalue weighted by Crippen LogP contribution is -2.26. The van der Waals surface area contributed by atoms with Gasteiger partial charge < -0.3 is 10.0 Å². The third kappa shape index (κ3) is 3.18. The van der Waals surface area contributed by atoms with Crippen LogP contribution in [0.5, 0.6) is 0 Å². The Hall–Kier alpha value is -1.23. The van der Waals surface area contributed by atoms with Crippen molar-refractivity contribution in [2.45, 2.75) is 45.9 Å². The number of hydrogen-bond donors (Lipinski definition) is 1. The molecule has 0 unspecified atom stereocenters. The van der Waals surface area contributed by atoms with E-state index in [2.05, 4.69) is 13.8 Å². The molecule has 0 spiro atoms. The molecule has 1 saturated heterocycles. The molecule has 0 atom stereocenters. The molecular weight excluding hydrogens is 279 g/mol. The number of halogens is 3. The molecule has 118 valence electrons. The second-order valence-corrected chi connectivity index (χ2v) is 5.88. The molecule has 21 heavy (non-hydrogen) atoms. The highest BCUT2D eigenvalue weighted by Crippen LogP contribution is 2.41. The van der Waals surface area contributed by atoms with Crippen molar-refractivity contribution >= 4 is 5.69 Å². The molecule has 2 rings (SSSR count). The van der Waals surface area contributed by atoms with Crippen molar-refractivity contribution < 1.29 is 18.3 Å². The van der Waals surface area contributed by atoms with E-state index >= 15 is 0 Å². The molecule has 0 aromatic heterocycles. The molecule has 2 nitrogen and oxygen atoms in total. The van der Waals surface area contributed by atoms with Crippen molar-refractivity contribution in [2.24, 2.45) is 5.41 Å². The van der Waals surface area contributed by atoms with Crippen molar-refractivity contribution in [1.82, 2.24) is 0 Å². The smallest absolute Gasteiger partial charge is 0.392 e. The van der Waals surface area contributed by atoms with Gasteiger partial charge in [0.1, 0.15) is 0 Å². The first kappa shape index (κ1) is 16.1. The van der Waals surface area contributed by atoms with Gasteiger partial charge in [-0.25, -0.2) is 0 Å². The van der Waals surface area contributed by atoms with Gasteiger partial charge in [-0.2, -0.15) is 13.2 Å². The standard InChI is InChI=1S/C16H22F3NO/c1-3-15(4-2)7-8-20(11-15)13-6-5-12(10-21)14(9-13)16(17,18)19/h5-6,9,21H,3-4,7-8,10-11H2,1-2H3. The SMILES string of the molecule is CCC1(CC)CCN(c2ccc(CO)c(C(F)(F)F)c2)C1. The third-order valence-corrected chi connectivity index (χ3v) is 4.87. The van der Waals surface area contributed by atoms with Crippen LogP contribution < -0.4 is 4.90 Å². The molecule has 1 aromatic carbocycles. The third-order valence-electron chi connectivity index (χ3n) is 4.87. The first-order valence-electron chi connectivity index (χ1n) is 7.41. The first-order chi connectivity index (χ1) is 9.85. The number of nitrogens with zero attached hydrogens (tertiary/aromatic N) is 1. The van der Waals surface area contributed by atoms with Gasteiger partial charge in [0.25, 0.3) is 0 Å². The highest BCUT2D eigenvalue weighted by molar-refractivity contribution is 5.53. The number of hydrogen-bond acceptors (Lipinski definition) is 2. The van der Waals surface area contributed by atoms with Crippen LogP contribution in [0, 0.1) is 5.41 Å². The maximum Gasteiger partial charge on any atom is 0.416 e. The molecule has 1 N–H and O–H groups in total. The van der Waals surface area contributed by atoms with Crippen LogP contribution in [-0.2, 0) is 12.8 Å². The van der Waals surface area contributed by atoms with Crippen LogP contribution in [0.4, 0.5) is 18.9 Å². The van der Waals surface area contributed by atoms with E-state index in [-0.39, 0.29) is 11.0 Å². The minimum atomic E-state index is -4.43. The minimum Gasteiger partial charge on any atom is -0.392 e. The fraction of sp³-hybridized carbons (Fsp3) is 0.625. The van der Waals surface area contributed by atoms with Crippen LogP contribution in [0.1, 0.15) is 44.2 Å². The van der Waals surface area contributed by atoms with E-state index in [9.17, 15) is 13.2 Å². The van der Waals surface area contributed by atoms with Crippen molar-refractivity contribution in [2.75, 3.05) is 18.0 Å². The Balaban J connectivity index is 2.30. The Kier molecular flexibility index (Phi) is 4.51. The molecular formula is C16H22F3NO. The molecule has 0 bridgehead atoms. The highest BCUT2D eigenvalue weighted by atomic mass is 19.4. The molecule has 5 heteroatoms. The van der Waals surface area contributed by atoms with Gasteiger partial charge >= 0.3 is 6.18 Å². The summed E-state index contributed by atoms with van der Waals surface area (Å²) in [6.45, 7) is 5.28. The molecule has 1 aromatic rings. The average molecular weight is 301 g/mol. The van der Waals surface area contributed by atoms with Crippen LogP contribution in [-0.4, -0.2) is 18.2 Å². The lowest BCUT2D eigenvalue weighted by atomic mass is 9.82. The number of alkyl halides is 3. The Morgan fingerprint density at radius 2 is 1.90 bits per heavy atom. The highest BCUT2D eigenvalue weighted by Gasteiger charge is 2.37. The summed E-state index contributed by atoms with van der Waals surface area (Å²) in [7, 11) is 0. The molecule has 0 amide bonds. The van der Waals surface area contributed by atoms with E-state index in [4.69, 9.17) is 5.11 Å². The number of aliphatic hydroxyl groups is 1. The van der Waals surface area contributed by atoms with Gasteiger partial charge in [-0.3, -0.25) is 0 Å². The van der Waals surface area contributed by atoms with E-state index in [1.54, 1.807) is 6.07 Å². The van der Waals surface area contributed by atoms with Gasteiger partial charge in [-0.15, -0.1) is 0 Å². The molecule has 1 aliphatic heterocycles. The fourth-order valence-electron chi connectivity index (χ4n) is 3.15. The van der Waals surface area contributed by atoms with Crippen molar-refractivity contribution in [3.63, 3.8) is 0 Å². The van der Waals surface area contributed by atoms with Gasteiger partial charge in [0.05, 0.1) is 12.2 Å².